The zero-order valence-corrected chi connectivity index (χ0v) is 19.2. The minimum Gasteiger partial charge on any atom is -0.543 e. The molecule has 11 heteroatoms. The first-order valence-electron chi connectivity index (χ1n) is 9.24. The van der Waals surface area contributed by atoms with Crippen LogP contribution in [0.15, 0.2) is 35.5 Å². The molecule has 4 rings (SSSR count). The largest absolute Gasteiger partial charge is 1.00 e. The number of rotatable bonds is 5. The van der Waals surface area contributed by atoms with Crippen molar-refractivity contribution in [1.29, 1.82) is 0 Å². The van der Waals surface area contributed by atoms with Gasteiger partial charge in [0.05, 0.1) is 17.8 Å². The molecule has 1 aromatic rings. The molecule has 0 aromatic heterocycles. The van der Waals surface area contributed by atoms with Crippen LogP contribution in [0.25, 0.3) is 0 Å². The van der Waals surface area contributed by atoms with Crippen LogP contribution >= 0.6 is 11.8 Å². The fraction of sp³-hybridized carbons (Fsp3) is 0.421. The Labute approximate surface area is 199 Å². The summed E-state index contributed by atoms with van der Waals surface area (Å²) in [5.74, 6) is -2.05. The average molecular weight is 441 g/mol. The Balaban J connectivity index is 0.00000256. The summed E-state index contributed by atoms with van der Waals surface area (Å²) in [4.78, 5) is 38.1. The van der Waals surface area contributed by atoms with Gasteiger partial charge in [0.2, 0.25) is 5.91 Å². The van der Waals surface area contributed by atoms with E-state index in [4.69, 9.17) is 10.5 Å². The molecule has 4 N–H and O–H groups in total. The number of hydrogen-bond donors (Lipinski definition) is 3. The van der Waals surface area contributed by atoms with Crippen molar-refractivity contribution >= 4 is 29.5 Å². The summed E-state index contributed by atoms with van der Waals surface area (Å²) in [6.07, 6.45) is 1.23. The summed E-state index contributed by atoms with van der Waals surface area (Å²) in [5, 5.41) is 23.2. The van der Waals surface area contributed by atoms with E-state index < -0.39 is 35.2 Å². The quantitative estimate of drug-likeness (QED) is 0.310. The number of β-lactam (4-membered cyclic amide) rings is 1. The average Bonchev–Trinajstić information content (AvgIpc) is 3.25. The fourth-order valence-corrected chi connectivity index (χ4v) is 5.22. The van der Waals surface area contributed by atoms with Gasteiger partial charge in [-0.25, -0.2) is 0 Å². The van der Waals surface area contributed by atoms with Crippen LogP contribution in [0.5, 0.6) is 5.75 Å². The van der Waals surface area contributed by atoms with Gasteiger partial charge in [-0.05, 0) is 36.1 Å². The van der Waals surface area contributed by atoms with Crippen molar-refractivity contribution in [2.75, 3.05) is 12.4 Å². The van der Waals surface area contributed by atoms with E-state index in [0.29, 0.717) is 29.9 Å². The number of ether oxygens (including phenoxy) is 1. The minimum atomic E-state index is -1.42. The van der Waals surface area contributed by atoms with Gasteiger partial charge in [-0.3, -0.25) is 14.5 Å². The summed E-state index contributed by atoms with van der Waals surface area (Å²) >= 11 is 1.38. The first-order valence-corrected chi connectivity index (χ1v) is 10.3. The van der Waals surface area contributed by atoms with Crippen LogP contribution in [0.1, 0.15) is 24.4 Å². The number of carboxylic acids is 1. The van der Waals surface area contributed by atoms with E-state index in [2.05, 4.69) is 5.32 Å². The topological polar surface area (TPSA) is 145 Å². The van der Waals surface area contributed by atoms with Crippen LogP contribution in [0.2, 0.25) is 0 Å². The van der Waals surface area contributed by atoms with Gasteiger partial charge in [0.25, 0.3) is 5.91 Å². The molecule has 4 atom stereocenters. The number of carbonyl (C=O) groups is 3. The number of fused-ring (bicyclic) bond motifs is 1. The van der Waals surface area contributed by atoms with Crippen LogP contribution in [0, 0.1) is 0 Å². The van der Waals surface area contributed by atoms with Gasteiger partial charge in [-0.2, -0.15) is 0 Å². The van der Waals surface area contributed by atoms with E-state index in [1.54, 1.807) is 0 Å². The predicted octanol–water partition coefficient (Wildman–Crippen LogP) is -4.02. The van der Waals surface area contributed by atoms with Crippen LogP contribution in [0.4, 0.5) is 0 Å². The molecule has 2 fully saturated rings. The second-order valence-corrected chi connectivity index (χ2v) is 8.23. The maximum absolute atomic E-state index is 12.7. The smallest absolute Gasteiger partial charge is 0.543 e. The molecular weight excluding hydrogens is 421 g/mol. The molecule has 0 spiro atoms. The molecule has 2 amide bonds. The van der Waals surface area contributed by atoms with Gasteiger partial charge in [0.15, 0.2) is 0 Å². The van der Waals surface area contributed by atoms with Gasteiger partial charge in [0, 0.05) is 12.4 Å². The second-order valence-electron chi connectivity index (χ2n) is 7.13. The minimum absolute atomic E-state index is 0. The van der Waals surface area contributed by atoms with Gasteiger partial charge in [-0.15, -0.1) is 11.8 Å². The Morgan fingerprint density at radius 1 is 1.33 bits per heavy atom. The van der Waals surface area contributed by atoms with E-state index in [1.807, 2.05) is 0 Å². The number of aliphatic carboxylic acids is 1. The van der Waals surface area contributed by atoms with E-state index in [-0.39, 0.29) is 47.1 Å². The Morgan fingerprint density at radius 2 is 2.03 bits per heavy atom. The fourth-order valence-electron chi connectivity index (χ4n) is 3.81. The molecule has 1 aromatic carbocycles. The number of nitrogens with one attached hydrogen (secondary N) is 1. The number of amides is 2. The Bertz CT molecular complexity index is 887. The maximum Gasteiger partial charge on any atom is 1.00 e. The third-order valence-electron chi connectivity index (χ3n) is 5.34. The van der Waals surface area contributed by atoms with E-state index >= 15 is 0 Å². The number of benzene rings is 1. The Morgan fingerprint density at radius 3 is 2.63 bits per heavy atom. The predicted molar refractivity (Wildman–Crippen MR) is 101 cm³/mol. The monoisotopic (exact) mass is 441 g/mol. The van der Waals surface area contributed by atoms with Crippen molar-refractivity contribution < 1.29 is 58.9 Å². The van der Waals surface area contributed by atoms with Crippen molar-refractivity contribution in [2.24, 2.45) is 5.73 Å². The van der Waals surface area contributed by atoms with Gasteiger partial charge in [-0.1, -0.05) is 12.1 Å². The van der Waals surface area contributed by atoms with Crippen molar-refractivity contribution in [3.63, 3.8) is 0 Å². The SMILES string of the molecule is N[C@@H](C(=O)N[C@@H]1C(=O)N2C(C(=O)[O-])=C(C3CCCO3)CS[C@H]12)c1ccc(O)cc1.[Na+]. The van der Waals surface area contributed by atoms with Crippen LogP contribution in [-0.2, 0) is 19.1 Å². The number of phenolic OH excluding ortho intramolecular Hbond substituents is 1. The van der Waals surface area contributed by atoms with Gasteiger partial charge < -0.3 is 30.8 Å². The molecule has 30 heavy (non-hydrogen) atoms. The normalized spacial score (nSPS) is 26.4. The van der Waals surface area contributed by atoms with E-state index in [9.17, 15) is 24.6 Å². The first-order chi connectivity index (χ1) is 13.9. The molecule has 0 radical (unpaired) electrons. The molecule has 3 heterocycles. The number of thioether (sulfide) groups is 1. The zero-order valence-electron chi connectivity index (χ0n) is 16.4. The molecule has 0 aliphatic carbocycles. The first kappa shape index (κ1) is 23.1. The van der Waals surface area contributed by atoms with E-state index in [1.165, 1.54) is 40.9 Å². The summed E-state index contributed by atoms with van der Waals surface area (Å²) < 4.78 is 5.59. The number of nitrogens with zero attached hydrogens (tertiary/aromatic N) is 1. The van der Waals surface area contributed by atoms with E-state index in [0.717, 1.165) is 6.42 Å². The number of nitrogens with two attached hydrogens (primary N) is 1. The number of carboxylic acid groups (broad SMARTS) is 1. The van der Waals surface area contributed by atoms with Crippen molar-refractivity contribution in [1.82, 2.24) is 10.2 Å². The molecule has 2 saturated heterocycles. The molecule has 9 nitrogen and oxygen atoms in total. The van der Waals surface area contributed by atoms with Crippen LogP contribution in [-0.4, -0.2) is 57.7 Å². The van der Waals surface area contributed by atoms with Gasteiger partial charge >= 0.3 is 29.6 Å². The summed E-state index contributed by atoms with van der Waals surface area (Å²) in [5.41, 5.74) is 6.85. The Hall–Kier alpha value is -1.56. The van der Waals surface area contributed by atoms with Crippen LogP contribution < -0.4 is 45.7 Å². The van der Waals surface area contributed by atoms with Crippen molar-refractivity contribution in [3.05, 3.63) is 41.1 Å². The molecule has 0 saturated carbocycles. The zero-order chi connectivity index (χ0) is 20.7. The maximum atomic E-state index is 12.7. The summed E-state index contributed by atoms with van der Waals surface area (Å²) in [7, 11) is 0. The summed E-state index contributed by atoms with van der Waals surface area (Å²) in [6.45, 7) is 0.560. The molecular formula is C19H20N3NaO6S. The molecule has 154 valence electrons. The third-order valence-corrected chi connectivity index (χ3v) is 6.64. The Kier molecular flexibility index (Phi) is 7.16. The second kappa shape index (κ2) is 9.29. The molecule has 1 unspecified atom stereocenters. The van der Waals surface area contributed by atoms with Crippen molar-refractivity contribution in [3.8, 4) is 5.75 Å². The number of hydrogen-bond acceptors (Lipinski definition) is 8. The molecule has 3 aliphatic heterocycles. The molecule has 0 bridgehead atoms. The van der Waals surface area contributed by atoms with Crippen LogP contribution in [0.3, 0.4) is 0 Å². The number of carbonyl (C=O) groups excluding carboxylic acids is 3. The van der Waals surface area contributed by atoms with Crippen molar-refractivity contribution in [2.45, 2.75) is 36.4 Å². The number of aromatic hydroxyl groups is 1. The summed E-state index contributed by atoms with van der Waals surface area (Å²) in [6, 6.07) is 3.99. The number of phenols is 1. The third kappa shape index (κ3) is 4.12. The molecule has 3 aliphatic rings. The standard InChI is InChI=1S/C19H21N3O6S.Na/c20-13(9-3-5-10(23)6-4-9)16(24)21-14-17(25)22-15(19(26)27)11(8-29-18(14)22)12-2-1-7-28-12;/h3-6,12-14,18,23H,1-2,7-8,20H2,(H,21,24)(H,26,27);/q;+1/p-1/t12?,13-,14-,18-;/m1./s1. The van der Waals surface area contributed by atoms with Gasteiger partial charge in [0.1, 0.15) is 23.2 Å².